The average Bonchev–Trinajstić information content (AvgIpc) is 3.61. The molecule has 3 saturated heterocycles. The molecule has 10 heteroatoms. The van der Waals surface area contributed by atoms with Crippen molar-refractivity contribution >= 4 is 41.0 Å². The Morgan fingerprint density at radius 3 is 2.43 bits per heavy atom. The highest BCUT2D eigenvalue weighted by atomic mass is 32.2. The van der Waals surface area contributed by atoms with Crippen molar-refractivity contribution in [3.63, 3.8) is 0 Å². The number of fused-ring (bicyclic) bond motifs is 1. The molecule has 2 unspecified atom stereocenters. The van der Waals surface area contributed by atoms with Crippen molar-refractivity contribution in [3.8, 4) is 0 Å². The predicted molar refractivity (Wildman–Crippen MR) is 195 cm³/mol. The summed E-state index contributed by atoms with van der Waals surface area (Å²) >= 11 is 1.65. The van der Waals surface area contributed by atoms with Gasteiger partial charge in [-0.15, -0.1) is 11.8 Å². The highest BCUT2D eigenvalue weighted by Gasteiger charge is 2.44. The highest BCUT2D eigenvalue weighted by molar-refractivity contribution is 8.01. The third-order valence-electron chi connectivity index (χ3n) is 10.4. The minimum Gasteiger partial charge on any atom is -0.370 e. The second-order valence-corrected chi connectivity index (χ2v) is 16.4. The van der Waals surface area contributed by atoms with Crippen LogP contribution in [0.5, 0.6) is 0 Å². The molecule has 0 bridgehead atoms. The van der Waals surface area contributed by atoms with Gasteiger partial charge < -0.3 is 29.8 Å². The lowest BCUT2D eigenvalue weighted by Crippen LogP contribution is -2.50. The molecule has 3 atom stereocenters. The normalized spacial score (nSPS) is 24.2. The van der Waals surface area contributed by atoms with Crippen LogP contribution in [0.3, 0.4) is 0 Å². The molecule has 0 spiro atoms. The topological polar surface area (TPSA) is 79.4 Å². The van der Waals surface area contributed by atoms with Gasteiger partial charge in [-0.3, -0.25) is 9.59 Å². The number of anilines is 2. The van der Waals surface area contributed by atoms with Gasteiger partial charge >= 0.3 is 6.03 Å². The van der Waals surface area contributed by atoms with Gasteiger partial charge in [-0.2, -0.15) is 0 Å². The molecule has 0 aromatic heterocycles. The molecule has 4 amide bonds. The number of thioether (sulfide) groups is 1. The number of likely N-dealkylation sites (tertiary alicyclic amines) is 1. The second kappa shape index (κ2) is 14.1. The van der Waals surface area contributed by atoms with Crippen molar-refractivity contribution in [3.05, 3.63) is 59.7 Å². The number of likely N-dealkylation sites (N-methyl/N-ethyl adjacent to an activating group) is 1. The number of nitrogens with one attached hydrogen (secondary N) is 1. The van der Waals surface area contributed by atoms with Crippen molar-refractivity contribution in [1.29, 1.82) is 0 Å². The largest absolute Gasteiger partial charge is 0.370 e. The zero-order valence-electron chi connectivity index (χ0n) is 28.8. The van der Waals surface area contributed by atoms with E-state index in [0.29, 0.717) is 32.2 Å². The van der Waals surface area contributed by atoms with E-state index in [1.165, 1.54) is 11.3 Å². The summed E-state index contributed by atoms with van der Waals surface area (Å²) in [5.41, 5.74) is 4.52. The number of hydrogen-bond donors (Lipinski definition) is 1. The van der Waals surface area contributed by atoms with E-state index >= 15 is 0 Å². The molecule has 4 heterocycles. The minimum atomic E-state index is -0.402. The number of piperidine rings is 1. The van der Waals surface area contributed by atoms with Crippen molar-refractivity contribution in [2.75, 3.05) is 63.6 Å². The maximum absolute atomic E-state index is 14.1. The van der Waals surface area contributed by atoms with Gasteiger partial charge in [0.15, 0.2) is 0 Å². The summed E-state index contributed by atoms with van der Waals surface area (Å²) in [4.78, 5) is 51.6. The molecule has 4 aliphatic rings. The van der Waals surface area contributed by atoms with Crippen LogP contribution in [-0.2, 0) is 16.0 Å². The van der Waals surface area contributed by atoms with Gasteiger partial charge in [-0.25, -0.2) is 4.79 Å². The van der Waals surface area contributed by atoms with E-state index in [1.54, 1.807) is 11.8 Å². The third-order valence-corrected chi connectivity index (χ3v) is 11.9. The van der Waals surface area contributed by atoms with E-state index in [0.717, 1.165) is 56.4 Å². The van der Waals surface area contributed by atoms with Gasteiger partial charge in [0, 0.05) is 77.6 Å². The number of rotatable bonds is 8. The van der Waals surface area contributed by atoms with Crippen molar-refractivity contribution in [2.24, 2.45) is 5.41 Å². The molecule has 47 heavy (non-hydrogen) atoms. The molecule has 0 aliphatic carbocycles. The Balaban J connectivity index is 0.00000270. The fourth-order valence-electron chi connectivity index (χ4n) is 7.47. The molecule has 258 valence electrons. The summed E-state index contributed by atoms with van der Waals surface area (Å²) in [7, 11) is 4.30. The summed E-state index contributed by atoms with van der Waals surface area (Å²) in [5, 5.41) is 2.56. The van der Waals surface area contributed by atoms with Gasteiger partial charge in [0.2, 0.25) is 11.8 Å². The van der Waals surface area contributed by atoms with E-state index in [2.05, 4.69) is 80.3 Å². The molecular weight excluding hydrogens is 609 g/mol. The number of nitrogens with zero attached hydrogens (tertiary/aromatic N) is 5. The molecule has 2 aromatic carbocycles. The van der Waals surface area contributed by atoms with Gasteiger partial charge in [0.1, 0.15) is 5.37 Å². The van der Waals surface area contributed by atoms with Crippen LogP contribution in [0, 0.1) is 5.41 Å². The maximum Gasteiger partial charge on any atom is 0.322 e. The smallest absolute Gasteiger partial charge is 0.322 e. The second-order valence-electron chi connectivity index (χ2n) is 15.1. The van der Waals surface area contributed by atoms with E-state index in [4.69, 9.17) is 0 Å². The molecule has 2 aromatic rings. The number of carbonyl (C=O) groups is 3. The fourth-order valence-corrected chi connectivity index (χ4v) is 8.97. The first-order valence-corrected chi connectivity index (χ1v) is 18.3. The SMILES string of the molecule is CN(C)[C@H]1CCN(c2ccccc2C2SC(CC(=O)N3CCC(N4CCc5ccccc5NC4=O)CC3)C(=O)N2CCC(C)(C)C)C1.[HH].[HH]. The first-order valence-electron chi connectivity index (χ1n) is 17.4. The van der Waals surface area contributed by atoms with Crippen LogP contribution in [0.2, 0.25) is 0 Å². The van der Waals surface area contributed by atoms with E-state index < -0.39 is 5.25 Å². The van der Waals surface area contributed by atoms with Gasteiger partial charge in [-0.05, 0) is 69.3 Å². The maximum atomic E-state index is 14.1. The Kier molecular flexibility index (Phi) is 10.1. The standard InChI is InChI=1S/C37H52N6O3S.2H2/c1-37(2,3)18-23-43-34(45)32(47-35(43)29-11-7-9-13-31(29)41-21-17-28(25-41)39(4)5)24-33(44)40-19-15-27(16-20-40)42-22-14-26-10-6-8-12-30(26)38-36(42)46;;/h6-13,27-28,32,35H,14-25H2,1-5H3,(H,38,46);2*1H/t28-,32?,35?;;/m0../s1. The molecule has 4 aliphatic heterocycles. The minimum absolute atomic E-state index is 0. The monoisotopic (exact) mass is 664 g/mol. The quantitative estimate of drug-likeness (QED) is 0.364. The van der Waals surface area contributed by atoms with E-state index in [1.807, 2.05) is 32.9 Å². The van der Waals surface area contributed by atoms with Crippen LogP contribution in [0.4, 0.5) is 16.2 Å². The van der Waals surface area contributed by atoms with E-state index in [-0.39, 0.29) is 44.0 Å². The zero-order chi connectivity index (χ0) is 33.3. The van der Waals surface area contributed by atoms with Crippen LogP contribution >= 0.6 is 11.8 Å². The Hall–Kier alpha value is -3.24. The van der Waals surface area contributed by atoms with Crippen LogP contribution in [-0.4, -0.2) is 108 Å². The molecule has 1 N–H and O–H groups in total. The van der Waals surface area contributed by atoms with Crippen LogP contribution < -0.4 is 10.2 Å². The van der Waals surface area contributed by atoms with Gasteiger partial charge in [0.05, 0.1) is 5.25 Å². The number of benzene rings is 2. The highest BCUT2D eigenvalue weighted by Crippen LogP contribution is 2.48. The predicted octanol–water partition coefficient (Wildman–Crippen LogP) is 6.17. The van der Waals surface area contributed by atoms with Crippen molar-refractivity contribution in [1.82, 2.24) is 19.6 Å². The first kappa shape index (κ1) is 33.7. The number of hydrogen-bond acceptors (Lipinski definition) is 6. The number of urea groups is 1. The average molecular weight is 665 g/mol. The Bertz CT molecular complexity index is 1460. The Morgan fingerprint density at radius 1 is 0.979 bits per heavy atom. The van der Waals surface area contributed by atoms with Crippen LogP contribution in [0.1, 0.15) is 72.2 Å². The summed E-state index contributed by atoms with van der Waals surface area (Å²) in [6, 6.07) is 17.1. The number of amides is 4. The fraction of sp³-hybridized carbons (Fsp3) is 0.595. The molecule has 9 nitrogen and oxygen atoms in total. The lowest BCUT2D eigenvalue weighted by Gasteiger charge is -2.38. The molecule has 6 rings (SSSR count). The van der Waals surface area contributed by atoms with Gasteiger partial charge in [-0.1, -0.05) is 57.2 Å². The lowest BCUT2D eigenvalue weighted by molar-refractivity contribution is -0.137. The first-order chi connectivity index (χ1) is 22.5. The van der Waals surface area contributed by atoms with Gasteiger partial charge in [0.25, 0.3) is 0 Å². The summed E-state index contributed by atoms with van der Waals surface area (Å²) in [6.45, 7) is 11.2. The Morgan fingerprint density at radius 2 is 1.70 bits per heavy atom. The van der Waals surface area contributed by atoms with Crippen molar-refractivity contribution in [2.45, 2.75) is 82.0 Å². The Labute approximate surface area is 288 Å². The van der Waals surface area contributed by atoms with Crippen LogP contribution in [0.25, 0.3) is 0 Å². The number of carbonyl (C=O) groups excluding carboxylic acids is 3. The summed E-state index contributed by atoms with van der Waals surface area (Å²) < 4.78 is 0. The molecule has 0 radical (unpaired) electrons. The van der Waals surface area contributed by atoms with Crippen LogP contribution in [0.15, 0.2) is 48.5 Å². The lowest BCUT2D eigenvalue weighted by atomic mass is 9.92. The third kappa shape index (κ3) is 7.59. The van der Waals surface area contributed by atoms with E-state index in [9.17, 15) is 14.4 Å². The molecular formula is C37H56N6O3S. The molecule has 3 fully saturated rings. The zero-order valence-corrected chi connectivity index (χ0v) is 29.6. The summed E-state index contributed by atoms with van der Waals surface area (Å²) in [6.07, 6.45) is 4.55. The van der Waals surface area contributed by atoms with Crippen molar-refractivity contribution < 1.29 is 17.2 Å². The molecule has 0 saturated carbocycles. The number of para-hydroxylation sites is 2. The summed E-state index contributed by atoms with van der Waals surface area (Å²) in [5.74, 6) is 0.121.